The number of amides is 2. The second-order valence-corrected chi connectivity index (χ2v) is 7.39. The monoisotopic (exact) mass is 420 g/mol. The van der Waals surface area contributed by atoms with E-state index in [1.54, 1.807) is 7.05 Å². The first-order valence-electron chi connectivity index (χ1n) is 9.73. The molecule has 1 atom stereocenters. The van der Waals surface area contributed by atoms with Crippen molar-refractivity contribution in [2.75, 3.05) is 12.1 Å². The van der Waals surface area contributed by atoms with Crippen LogP contribution in [0.2, 0.25) is 0 Å². The van der Waals surface area contributed by atoms with Gasteiger partial charge in [0.15, 0.2) is 0 Å². The number of hydrogen-bond donors (Lipinski definition) is 1. The van der Waals surface area contributed by atoms with Crippen LogP contribution in [0.5, 0.6) is 0 Å². The first-order valence-corrected chi connectivity index (χ1v) is 9.73. The summed E-state index contributed by atoms with van der Waals surface area (Å²) in [4.78, 5) is 35.4. The summed E-state index contributed by atoms with van der Waals surface area (Å²) in [6.07, 6.45) is 0.0630. The summed E-state index contributed by atoms with van der Waals surface area (Å²) in [6.45, 7) is 2.08. The van der Waals surface area contributed by atoms with Crippen LogP contribution in [0, 0.1) is 12.7 Å². The lowest BCUT2D eigenvalue weighted by Gasteiger charge is -2.20. The summed E-state index contributed by atoms with van der Waals surface area (Å²) in [6, 6.07) is 12.3. The zero-order valence-corrected chi connectivity index (χ0v) is 17.1. The highest BCUT2D eigenvalue weighted by molar-refractivity contribution is 6.40. The Morgan fingerprint density at radius 2 is 1.87 bits per heavy atom. The Kier molecular flexibility index (Phi) is 5.33. The number of fused-ring (bicyclic) bond motifs is 1. The van der Waals surface area contributed by atoms with Gasteiger partial charge in [-0.25, -0.2) is 14.4 Å². The minimum absolute atomic E-state index is 0.0630. The van der Waals surface area contributed by atoms with E-state index in [0.29, 0.717) is 11.5 Å². The van der Waals surface area contributed by atoms with Crippen molar-refractivity contribution in [1.29, 1.82) is 0 Å². The maximum Gasteiger partial charge on any atom is 0.270 e. The molecule has 31 heavy (non-hydrogen) atoms. The molecule has 0 saturated carbocycles. The van der Waals surface area contributed by atoms with E-state index in [-0.39, 0.29) is 24.6 Å². The number of primary amides is 1. The fraction of sp³-hybridized carbons (Fsp3) is 0.227. The van der Waals surface area contributed by atoms with Gasteiger partial charge in [0.1, 0.15) is 23.4 Å². The number of benzene rings is 2. The molecule has 0 spiro atoms. The number of hydrazone groups is 1. The first-order chi connectivity index (χ1) is 14.8. The van der Waals surface area contributed by atoms with Gasteiger partial charge in [0, 0.05) is 24.5 Å². The number of aromatic nitrogens is 2. The molecule has 2 aromatic carbocycles. The second-order valence-electron chi connectivity index (χ2n) is 7.39. The van der Waals surface area contributed by atoms with Crippen molar-refractivity contribution in [1.82, 2.24) is 14.9 Å². The van der Waals surface area contributed by atoms with Crippen LogP contribution >= 0.6 is 0 Å². The highest BCUT2D eigenvalue weighted by Gasteiger charge is 2.36. The zero-order valence-electron chi connectivity index (χ0n) is 17.1. The van der Waals surface area contributed by atoms with Gasteiger partial charge < -0.3 is 10.6 Å². The number of nitrogens with zero attached hydrogens (tertiary/aromatic N) is 5. The van der Waals surface area contributed by atoms with E-state index in [4.69, 9.17) is 5.73 Å². The Labute approximate surface area is 178 Å². The average Bonchev–Trinajstić information content (AvgIpc) is 3.19. The maximum absolute atomic E-state index is 13.3. The van der Waals surface area contributed by atoms with Crippen molar-refractivity contribution in [2.24, 2.45) is 10.8 Å². The van der Waals surface area contributed by atoms with E-state index in [1.165, 1.54) is 34.2 Å². The van der Waals surface area contributed by atoms with E-state index in [1.807, 2.05) is 31.2 Å². The minimum Gasteiger partial charge on any atom is -0.368 e. The lowest BCUT2D eigenvalue weighted by molar-refractivity contribution is -0.123. The molecule has 158 valence electrons. The third-order valence-corrected chi connectivity index (χ3v) is 5.14. The van der Waals surface area contributed by atoms with E-state index >= 15 is 0 Å². The summed E-state index contributed by atoms with van der Waals surface area (Å²) in [7, 11) is 1.62. The van der Waals surface area contributed by atoms with Crippen molar-refractivity contribution in [3.05, 3.63) is 65.9 Å². The fourth-order valence-corrected chi connectivity index (χ4v) is 3.56. The van der Waals surface area contributed by atoms with Gasteiger partial charge in [-0.15, -0.1) is 0 Å². The van der Waals surface area contributed by atoms with Crippen LogP contribution in [-0.2, 0) is 16.1 Å². The van der Waals surface area contributed by atoms with E-state index in [9.17, 15) is 14.0 Å². The zero-order chi connectivity index (χ0) is 22.1. The van der Waals surface area contributed by atoms with Crippen LogP contribution in [0.1, 0.15) is 17.9 Å². The van der Waals surface area contributed by atoms with E-state index in [2.05, 4.69) is 15.1 Å². The predicted molar refractivity (Wildman–Crippen MR) is 115 cm³/mol. The standard InChI is InChI=1S/C22H21FN6O2/c1-13-16-5-3-4-6-17(16)26-20(25-13)12-28(2)22(31)18-11-19(21(24)30)29(27-18)15-9-7-14(23)8-10-15/h3-10,19H,11-12H2,1-2H3,(H2,24,30). The van der Waals surface area contributed by atoms with Gasteiger partial charge in [0.25, 0.3) is 5.91 Å². The number of rotatable bonds is 5. The Bertz CT molecular complexity index is 1190. The highest BCUT2D eigenvalue weighted by Crippen LogP contribution is 2.25. The molecule has 2 N–H and O–H groups in total. The van der Waals surface area contributed by atoms with Crippen molar-refractivity contribution in [3.8, 4) is 0 Å². The molecule has 1 aromatic heterocycles. The summed E-state index contributed by atoms with van der Waals surface area (Å²) in [5, 5.41) is 6.63. The molecule has 0 radical (unpaired) electrons. The quantitative estimate of drug-likeness (QED) is 0.681. The molecule has 2 amide bonds. The molecule has 0 fully saturated rings. The van der Waals surface area contributed by atoms with Crippen molar-refractivity contribution >= 4 is 34.1 Å². The Morgan fingerprint density at radius 1 is 1.16 bits per heavy atom. The van der Waals surface area contributed by atoms with Gasteiger partial charge >= 0.3 is 0 Å². The van der Waals surface area contributed by atoms with Gasteiger partial charge in [0.05, 0.1) is 17.7 Å². The molecule has 1 aliphatic rings. The number of carbonyl (C=O) groups is 2. The Morgan fingerprint density at radius 3 is 2.58 bits per heavy atom. The van der Waals surface area contributed by atoms with Crippen LogP contribution in [0.3, 0.4) is 0 Å². The van der Waals surface area contributed by atoms with Crippen LogP contribution in [-0.4, -0.2) is 45.5 Å². The molecular formula is C22H21FN6O2. The topological polar surface area (TPSA) is 105 Å². The highest BCUT2D eigenvalue weighted by atomic mass is 19.1. The van der Waals surface area contributed by atoms with Crippen molar-refractivity contribution in [2.45, 2.75) is 25.9 Å². The fourth-order valence-electron chi connectivity index (χ4n) is 3.56. The predicted octanol–water partition coefficient (Wildman–Crippen LogP) is 2.16. The number of hydrogen-bond acceptors (Lipinski definition) is 6. The molecule has 0 aliphatic carbocycles. The summed E-state index contributed by atoms with van der Waals surface area (Å²) in [5.41, 5.74) is 7.81. The molecule has 4 rings (SSSR count). The first kappa shape index (κ1) is 20.4. The lowest BCUT2D eigenvalue weighted by atomic mass is 10.1. The molecule has 2 heterocycles. The normalized spacial score (nSPS) is 15.8. The number of para-hydroxylation sites is 1. The molecule has 0 bridgehead atoms. The third-order valence-electron chi connectivity index (χ3n) is 5.14. The molecule has 3 aromatic rings. The van der Waals surface area contributed by atoms with E-state index < -0.39 is 17.8 Å². The van der Waals surface area contributed by atoms with Crippen LogP contribution < -0.4 is 10.7 Å². The largest absolute Gasteiger partial charge is 0.368 e. The molecule has 8 nitrogen and oxygen atoms in total. The van der Waals surface area contributed by atoms with Crippen LogP contribution in [0.25, 0.3) is 10.9 Å². The van der Waals surface area contributed by atoms with Gasteiger partial charge in [0.2, 0.25) is 5.91 Å². The lowest BCUT2D eigenvalue weighted by Crippen LogP contribution is -2.40. The third kappa shape index (κ3) is 4.07. The number of carbonyl (C=O) groups excluding carboxylic acids is 2. The Balaban J connectivity index is 1.56. The second kappa shape index (κ2) is 8.10. The van der Waals surface area contributed by atoms with Crippen molar-refractivity contribution < 1.29 is 14.0 Å². The van der Waals surface area contributed by atoms with Crippen molar-refractivity contribution in [3.63, 3.8) is 0 Å². The number of nitrogens with two attached hydrogens (primary N) is 1. The minimum atomic E-state index is -0.822. The molecular weight excluding hydrogens is 399 g/mol. The van der Waals surface area contributed by atoms with Crippen LogP contribution in [0.4, 0.5) is 10.1 Å². The van der Waals surface area contributed by atoms with Gasteiger partial charge in [-0.2, -0.15) is 5.10 Å². The van der Waals surface area contributed by atoms with Crippen LogP contribution in [0.15, 0.2) is 53.6 Å². The van der Waals surface area contributed by atoms with Gasteiger partial charge in [-0.3, -0.25) is 14.6 Å². The molecule has 1 aliphatic heterocycles. The number of anilines is 1. The Hall–Kier alpha value is -3.88. The average molecular weight is 420 g/mol. The van der Waals surface area contributed by atoms with Gasteiger partial charge in [-0.1, -0.05) is 18.2 Å². The van der Waals surface area contributed by atoms with Gasteiger partial charge in [-0.05, 0) is 37.3 Å². The maximum atomic E-state index is 13.3. The molecule has 0 saturated heterocycles. The number of aryl methyl sites for hydroxylation is 1. The van der Waals surface area contributed by atoms with E-state index in [0.717, 1.165) is 16.6 Å². The number of halogens is 1. The smallest absolute Gasteiger partial charge is 0.270 e. The summed E-state index contributed by atoms with van der Waals surface area (Å²) >= 11 is 0. The summed E-state index contributed by atoms with van der Waals surface area (Å²) in [5.74, 6) is -0.881. The SMILES string of the molecule is Cc1nc(CN(C)C(=O)C2=NN(c3ccc(F)cc3)C(C(N)=O)C2)nc2ccccc12. The summed E-state index contributed by atoms with van der Waals surface area (Å²) < 4.78 is 13.3. The molecule has 9 heteroatoms. The molecule has 1 unspecified atom stereocenters.